The van der Waals surface area contributed by atoms with E-state index in [-0.39, 0.29) is 5.41 Å². The third-order valence-electron chi connectivity index (χ3n) is 4.67. The molecule has 0 N–H and O–H groups in total. The minimum Gasteiger partial charge on any atom is -0.493 e. The molecule has 0 aliphatic rings. The van der Waals surface area contributed by atoms with Crippen LogP contribution in [0, 0.1) is 5.41 Å². The van der Waals surface area contributed by atoms with Crippen LogP contribution >= 0.6 is 15.9 Å². The second-order valence-electron chi connectivity index (χ2n) is 8.43. The van der Waals surface area contributed by atoms with E-state index in [0.29, 0.717) is 11.9 Å². The van der Waals surface area contributed by atoms with Crippen LogP contribution in [0.5, 0.6) is 5.75 Å². The highest BCUT2D eigenvalue weighted by Crippen LogP contribution is 2.31. The van der Waals surface area contributed by atoms with E-state index in [0.717, 1.165) is 39.3 Å². The Bertz CT molecular complexity index is 1150. The Balaban J connectivity index is 1.82. The van der Waals surface area contributed by atoms with Gasteiger partial charge in [-0.05, 0) is 29.7 Å². The molecule has 0 aliphatic heterocycles. The van der Waals surface area contributed by atoms with Crippen molar-refractivity contribution in [2.75, 3.05) is 6.61 Å². The number of rotatable bonds is 5. The lowest BCUT2D eigenvalue weighted by Gasteiger charge is -2.19. The van der Waals surface area contributed by atoms with E-state index in [9.17, 15) is 0 Å². The molecular formula is C23H25BrN4O. The molecule has 2 aromatic heterocycles. The second-order valence-corrected chi connectivity index (χ2v) is 8.99. The first-order valence-electron chi connectivity index (χ1n) is 9.65. The molecule has 2 heterocycles. The zero-order valence-electron chi connectivity index (χ0n) is 17.2. The zero-order valence-corrected chi connectivity index (χ0v) is 18.8. The molecule has 5 nitrogen and oxygen atoms in total. The fourth-order valence-electron chi connectivity index (χ4n) is 3.31. The Morgan fingerprint density at radius 2 is 1.86 bits per heavy atom. The van der Waals surface area contributed by atoms with Crippen molar-refractivity contribution in [1.82, 2.24) is 19.6 Å². The predicted octanol–water partition coefficient (Wildman–Crippen LogP) is 5.75. The summed E-state index contributed by atoms with van der Waals surface area (Å²) >= 11 is 3.55. The SMILES string of the molecule is Cn1ncc2cccc(-n3nc(CBr)cc3-c3cccc(OCC(C)(C)C)c3)c21. The molecule has 0 fully saturated rings. The van der Waals surface area contributed by atoms with Gasteiger partial charge in [0, 0.05) is 23.3 Å². The summed E-state index contributed by atoms with van der Waals surface area (Å²) in [5.41, 5.74) is 5.23. The number of benzene rings is 2. The normalized spacial score (nSPS) is 11.9. The van der Waals surface area contributed by atoms with E-state index < -0.39 is 0 Å². The zero-order chi connectivity index (χ0) is 20.6. The van der Waals surface area contributed by atoms with Gasteiger partial charge < -0.3 is 4.74 Å². The molecule has 150 valence electrons. The van der Waals surface area contributed by atoms with Crippen LogP contribution in [0.25, 0.3) is 27.8 Å². The van der Waals surface area contributed by atoms with Crippen LogP contribution in [-0.4, -0.2) is 26.2 Å². The first kappa shape index (κ1) is 19.7. The number of alkyl halides is 1. The molecule has 0 saturated heterocycles. The summed E-state index contributed by atoms with van der Waals surface area (Å²) in [5.74, 6) is 0.865. The molecule has 0 radical (unpaired) electrons. The minimum atomic E-state index is 0.107. The van der Waals surface area contributed by atoms with E-state index in [2.05, 4.69) is 72.1 Å². The summed E-state index contributed by atoms with van der Waals surface area (Å²) in [6.07, 6.45) is 1.88. The molecule has 0 unspecified atom stereocenters. The maximum atomic E-state index is 6.04. The number of nitrogens with zero attached hydrogens (tertiary/aromatic N) is 4. The van der Waals surface area contributed by atoms with Crippen molar-refractivity contribution < 1.29 is 4.74 Å². The molecule has 0 aliphatic carbocycles. The van der Waals surface area contributed by atoms with Gasteiger partial charge in [0.15, 0.2) is 0 Å². The third-order valence-corrected chi connectivity index (χ3v) is 5.24. The van der Waals surface area contributed by atoms with Crippen LogP contribution in [0.3, 0.4) is 0 Å². The van der Waals surface area contributed by atoms with Gasteiger partial charge in [-0.1, -0.05) is 61.0 Å². The first-order valence-corrected chi connectivity index (χ1v) is 10.8. The van der Waals surface area contributed by atoms with Gasteiger partial charge in [-0.15, -0.1) is 0 Å². The molecule has 4 aromatic rings. The highest BCUT2D eigenvalue weighted by molar-refractivity contribution is 9.08. The Labute approximate surface area is 179 Å². The molecular weight excluding hydrogens is 428 g/mol. The second kappa shape index (κ2) is 7.67. The van der Waals surface area contributed by atoms with E-state index >= 15 is 0 Å². The summed E-state index contributed by atoms with van der Waals surface area (Å²) < 4.78 is 9.93. The van der Waals surface area contributed by atoms with Crippen LogP contribution in [-0.2, 0) is 12.4 Å². The van der Waals surface area contributed by atoms with Crippen molar-refractivity contribution >= 4 is 26.8 Å². The summed E-state index contributed by atoms with van der Waals surface area (Å²) in [6.45, 7) is 7.17. The van der Waals surface area contributed by atoms with Crippen LogP contribution < -0.4 is 4.74 Å². The lowest BCUT2D eigenvalue weighted by molar-refractivity contribution is 0.198. The highest BCUT2D eigenvalue weighted by atomic mass is 79.9. The van der Waals surface area contributed by atoms with Crippen molar-refractivity contribution in [1.29, 1.82) is 0 Å². The van der Waals surface area contributed by atoms with Crippen LogP contribution in [0.15, 0.2) is 54.7 Å². The van der Waals surface area contributed by atoms with Gasteiger partial charge in [-0.3, -0.25) is 4.68 Å². The summed E-state index contributed by atoms with van der Waals surface area (Å²) in [7, 11) is 1.96. The number of para-hydroxylation sites is 1. The van der Waals surface area contributed by atoms with Crippen molar-refractivity contribution in [3.8, 4) is 22.7 Å². The molecule has 2 aromatic carbocycles. The molecule has 6 heteroatoms. The number of halogens is 1. The number of hydrogen-bond acceptors (Lipinski definition) is 3. The van der Waals surface area contributed by atoms with Crippen molar-refractivity contribution in [2.45, 2.75) is 26.1 Å². The third kappa shape index (κ3) is 4.08. The van der Waals surface area contributed by atoms with Crippen LogP contribution in [0.4, 0.5) is 0 Å². The van der Waals surface area contributed by atoms with E-state index in [4.69, 9.17) is 9.84 Å². The lowest BCUT2D eigenvalue weighted by atomic mass is 9.99. The monoisotopic (exact) mass is 452 g/mol. The number of ether oxygens (including phenoxy) is 1. The van der Waals surface area contributed by atoms with E-state index in [1.54, 1.807) is 0 Å². The molecule has 0 spiro atoms. The summed E-state index contributed by atoms with van der Waals surface area (Å²) in [6, 6.07) is 16.5. The standard InChI is InChI=1S/C23H25BrN4O/c1-23(2,3)15-29-19-9-5-7-16(11-19)21-12-18(13-24)26-28(21)20-10-6-8-17-14-25-27(4)22(17)20/h5-12,14H,13,15H2,1-4H3. The summed E-state index contributed by atoms with van der Waals surface area (Å²) in [4.78, 5) is 0. The first-order chi connectivity index (χ1) is 13.9. The minimum absolute atomic E-state index is 0.107. The van der Waals surface area contributed by atoms with Crippen LogP contribution in [0.2, 0.25) is 0 Å². The Kier molecular flexibility index (Phi) is 5.21. The fourth-order valence-corrected chi connectivity index (χ4v) is 3.59. The Hall–Kier alpha value is -2.60. The lowest BCUT2D eigenvalue weighted by Crippen LogP contribution is -2.16. The van der Waals surface area contributed by atoms with Gasteiger partial charge >= 0.3 is 0 Å². The van der Waals surface area contributed by atoms with Gasteiger partial charge in [-0.25, -0.2) is 4.68 Å². The van der Waals surface area contributed by atoms with Crippen molar-refractivity contribution in [2.24, 2.45) is 12.5 Å². The molecule has 29 heavy (non-hydrogen) atoms. The molecule has 4 rings (SSSR count). The molecule has 0 amide bonds. The quantitative estimate of drug-likeness (QED) is 0.362. The number of fused-ring (bicyclic) bond motifs is 1. The van der Waals surface area contributed by atoms with Gasteiger partial charge in [0.1, 0.15) is 5.75 Å². The van der Waals surface area contributed by atoms with Gasteiger partial charge in [0.2, 0.25) is 0 Å². The average molecular weight is 453 g/mol. The molecule has 0 saturated carbocycles. The van der Waals surface area contributed by atoms with Crippen molar-refractivity contribution in [3.05, 3.63) is 60.4 Å². The molecule has 0 bridgehead atoms. The van der Waals surface area contributed by atoms with E-state index in [1.165, 1.54) is 0 Å². The van der Waals surface area contributed by atoms with Crippen LogP contribution in [0.1, 0.15) is 26.5 Å². The topological polar surface area (TPSA) is 44.9 Å². The highest BCUT2D eigenvalue weighted by Gasteiger charge is 2.16. The number of aryl methyl sites for hydroxylation is 1. The Morgan fingerprint density at radius 1 is 1.07 bits per heavy atom. The smallest absolute Gasteiger partial charge is 0.119 e. The Morgan fingerprint density at radius 3 is 2.62 bits per heavy atom. The maximum absolute atomic E-state index is 6.04. The fraction of sp³-hybridized carbons (Fsp3) is 0.304. The number of hydrogen-bond donors (Lipinski definition) is 0. The summed E-state index contributed by atoms with van der Waals surface area (Å²) in [5, 5.41) is 11.0. The van der Waals surface area contributed by atoms with Gasteiger partial charge in [0.25, 0.3) is 0 Å². The van der Waals surface area contributed by atoms with Gasteiger partial charge in [-0.2, -0.15) is 10.2 Å². The van der Waals surface area contributed by atoms with E-state index in [1.807, 2.05) is 40.8 Å². The number of aromatic nitrogens is 4. The average Bonchev–Trinajstić information content (AvgIpc) is 3.30. The predicted molar refractivity (Wildman–Crippen MR) is 121 cm³/mol. The molecule has 0 atom stereocenters. The largest absolute Gasteiger partial charge is 0.493 e. The maximum Gasteiger partial charge on any atom is 0.119 e. The van der Waals surface area contributed by atoms with Gasteiger partial charge in [0.05, 0.1) is 35.4 Å². The van der Waals surface area contributed by atoms with Crippen molar-refractivity contribution in [3.63, 3.8) is 0 Å².